The number of furan rings is 1. The number of non-ortho nitro benzene ring substituents is 1. The summed E-state index contributed by atoms with van der Waals surface area (Å²) in [5, 5.41) is 21.8. The van der Waals surface area contributed by atoms with Crippen molar-refractivity contribution in [2.75, 3.05) is 0 Å². The van der Waals surface area contributed by atoms with E-state index in [9.17, 15) is 29.2 Å². The third-order valence-electron chi connectivity index (χ3n) is 4.98. The highest BCUT2D eigenvalue weighted by Crippen LogP contribution is 2.40. The summed E-state index contributed by atoms with van der Waals surface area (Å²) in [7, 11) is 0. The van der Waals surface area contributed by atoms with Gasteiger partial charge in [0.05, 0.1) is 29.3 Å². The second-order valence-corrected chi connectivity index (χ2v) is 6.86. The molecule has 9 heteroatoms. The molecule has 156 valence electrons. The van der Waals surface area contributed by atoms with E-state index in [0.29, 0.717) is 11.3 Å². The number of halogens is 1. The molecule has 3 aromatic rings. The summed E-state index contributed by atoms with van der Waals surface area (Å²) in [6.07, 6.45) is 1.43. The summed E-state index contributed by atoms with van der Waals surface area (Å²) < 4.78 is 18.8. The highest BCUT2D eigenvalue weighted by Gasteiger charge is 2.46. The number of Topliss-reactive ketones (excluding diaryl/α,β-unsaturated/α-hetero) is 1. The van der Waals surface area contributed by atoms with E-state index >= 15 is 0 Å². The van der Waals surface area contributed by atoms with Gasteiger partial charge in [-0.3, -0.25) is 19.7 Å². The van der Waals surface area contributed by atoms with Crippen LogP contribution in [0.15, 0.2) is 76.9 Å². The van der Waals surface area contributed by atoms with Gasteiger partial charge < -0.3 is 14.4 Å². The van der Waals surface area contributed by atoms with E-state index in [0.717, 1.165) is 0 Å². The number of nitro benzene ring substituents is 1. The zero-order valence-electron chi connectivity index (χ0n) is 15.9. The van der Waals surface area contributed by atoms with E-state index in [1.165, 1.54) is 59.7 Å². The van der Waals surface area contributed by atoms with Crippen LogP contribution in [-0.4, -0.2) is 26.6 Å². The third kappa shape index (κ3) is 3.68. The Labute approximate surface area is 175 Å². The number of aliphatic hydroxyl groups excluding tert-OH is 1. The predicted octanol–water partition coefficient (Wildman–Crippen LogP) is 3.95. The molecule has 1 aliphatic heterocycles. The van der Waals surface area contributed by atoms with Gasteiger partial charge in [-0.1, -0.05) is 12.1 Å². The molecule has 1 amide bonds. The van der Waals surface area contributed by atoms with E-state index < -0.39 is 34.2 Å². The van der Waals surface area contributed by atoms with Gasteiger partial charge in [0.2, 0.25) is 0 Å². The maximum Gasteiger partial charge on any atom is 0.296 e. The van der Waals surface area contributed by atoms with Gasteiger partial charge >= 0.3 is 0 Å². The Bertz CT molecular complexity index is 1180. The normalized spacial score (nSPS) is 17.8. The van der Waals surface area contributed by atoms with E-state index in [1.807, 2.05) is 0 Å². The molecule has 1 unspecified atom stereocenters. The van der Waals surface area contributed by atoms with Crippen LogP contribution in [-0.2, 0) is 16.1 Å². The molecule has 0 bridgehead atoms. The number of aliphatic hydroxyl groups is 1. The van der Waals surface area contributed by atoms with Gasteiger partial charge in [-0.05, 0) is 42.0 Å². The number of hydrogen-bond acceptors (Lipinski definition) is 6. The molecule has 2 heterocycles. The Morgan fingerprint density at radius 1 is 1.10 bits per heavy atom. The van der Waals surface area contributed by atoms with Crippen molar-refractivity contribution >= 4 is 23.1 Å². The molecular formula is C22H15FN2O6. The lowest BCUT2D eigenvalue weighted by Crippen LogP contribution is -2.29. The minimum absolute atomic E-state index is 0.0450. The maximum absolute atomic E-state index is 13.5. The number of nitro groups is 1. The summed E-state index contributed by atoms with van der Waals surface area (Å²) in [5.74, 6) is -2.33. The monoisotopic (exact) mass is 422 g/mol. The van der Waals surface area contributed by atoms with Crippen LogP contribution in [0.25, 0.3) is 5.76 Å². The second-order valence-electron chi connectivity index (χ2n) is 6.86. The predicted molar refractivity (Wildman–Crippen MR) is 106 cm³/mol. The highest BCUT2D eigenvalue weighted by molar-refractivity contribution is 6.46. The van der Waals surface area contributed by atoms with Crippen molar-refractivity contribution in [2.45, 2.75) is 12.6 Å². The van der Waals surface area contributed by atoms with Crippen molar-refractivity contribution in [3.8, 4) is 0 Å². The van der Waals surface area contributed by atoms with Gasteiger partial charge in [0.1, 0.15) is 17.3 Å². The van der Waals surface area contributed by atoms with Crippen molar-refractivity contribution in [1.82, 2.24) is 4.90 Å². The van der Waals surface area contributed by atoms with E-state index in [2.05, 4.69) is 0 Å². The lowest BCUT2D eigenvalue weighted by atomic mass is 9.95. The first-order valence-electron chi connectivity index (χ1n) is 9.18. The van der Waals surface area contributed by atoms with Crippen molar-refractivity contribution in [2.24, 2.45) is 0 Å². The van der Waals surface area contributed by atoms with Gasteiger partial charge in [0, 0.05) is 17.7 Å². The number of carbonyl (C=O) groups excluding carboxylic acids is 2. The van der Waals surface area contributed by atoms with Crippen molar-refractivity contribution in [1.29, 1.82) is 0 Å². The Balaban J connectivity index is 1.84. The Kier molecular flexibility index (Phi) is 5.08. The first kappa shape index (κ1) is 20.0. The van der Waals surface area contributed by atoms with Gasteiger partial charge in [0.15, 0.2) is 0 Å². The molecule has 1 fully saturated rings. The minimum atomic E-state index is -0.999. The van der Waals surface area contributed by atoms with Gasteiger partial charge in [-0.25, -0.2) is 4.39 Å². The van der Waals surface area contributed by atoms with Crippen LogP contribution < -0.4 is 0 Å². The molecule has 8 nitrogen and oxygen atoms in total. The molecule has 1 aromatic heterocycles. The zero-order chi connectivity index (χ0) is 22.1. The van der Waals surface area contributed by atoms with Crippen LogP contribution in [0.2, 0.25) is 0 Å². The topological polar surface area (TPSA) is 114 Å². The zero-order valence-corrected chi connectivity index (χ0v) is 15.9. The Hall–Kier alpha value is -4.27. The average Bonchev–Trinajstić information content (AvgIpc) is 3.36. The second kappa shape index (κ2) is 7.86. The van der Waals surface area contributed by atoms with Gasteiger partial charge in [-0.2, -0.15) is 0 Å². The number of carbonyl (C=O) groups is 2. The molecule has 0 aliphatic carbocycles. The van der Waals surface area contributed by atoms with Crippen molar-refractivity contribution < 1.29 is 28.4 Å². The first-order valence-corrected chi connectivity index (χ1v) is 9.18. The molecular weight excluding hydrogens is 407 g/mol. The molecule has 4 rings (SSSR count). The van der Waals surface area contributed by atoms with Crippen molar-refractivity contribution in [3.05, 3.63) is 105 Å². The number of benzene rings is 2. The lowest BCUT2D eigenvalue weighted by molar-refractivity contribution is -0.384. The quantitative estimate of drug-likeness (QED) is 0.219. The van der Waals surface area contributed by atoms with Gasteiger partial charge in [-0.15, -0.1) is 0 Å². The average molecular weight is 422 g/mol. The fourth-order valence-electron chi connectivity index (χ4n) is 3.50. The SMILES string of the molecule is O=C1C(=O)N(Cc2ccco2)C(c2ccc(F)cc2)/C1=C(/O)c1ccc([N+](=O)[O-])cc1. The summed E-state index contributed by atoms with van der Waals surface area (Å²) >= 11 is 0. The van der Waals surface area contributed by atoms with Crippen LogP contribution in [0.4, 0.5) is 10.1 Å². The molecule has 1 N–H and O–H groups in total. The minimum Gasteiger partial charge on any atom is -0.507 e. The number of likely N-dealkylation sites (tertiary alicyclic amines) is 1. The standard InChI is InChI=1S/C22H15FN2O6/c23-15-7-3-13(4-8-15)19-18(20(26)14-5-9-16(10-6-14)25(29)30)21(27)22(28)24(19)12-17-2-1-11-31-17/h1-11,19,26H,12H2/b20-18-. The number of amides is 1. The number of nitrogens with zero attached hydrogens (tertiary/aromatic N) is 2. The van der Waals surface area contributed by atoms with Crippen molar-refractivity contribution in [3.63, 3.8) is 0 Å². The molecule has 0 spiro atoms. The van der Waals surface area contributed by atoms with E-state index in [4.69, 9.17) is 4.42 Å². The van der Waals surface area contributed by atoms with Crippen LogP contribution in [0.5, 0.6) is 0 Å². The summed E-state index contributed by atoms with van der Waals surface area (Å²) in [4.78, 5) is 37.2. The smallest absolute Gasteiger partial charge is 0.296 e. The highest BCUT2D eigenvalue weighted by atomic mass is 19.1. The maximum atomic E-state index is 13.5. The van der Waals surface area contributed by atoms with Gasteiger partial charge in [0.25, 0.3) is 17.4 Å². The number of rotatable bonds is 5. The summed E-state index contributed by atoms with van der Waals surface area (Å²) in [5.41, 5.74) is 0.159. The largest absolute Gasteiger partial charge is 0.507 e. The van der Waals surface area contributed by atoms with Crippen LogP contribution >= 0.6 is 0 Å². The molecule has 0 saturated carbocycles. The lowest BCUT2D eigenvalue weighted by Gasteiger charge is -2.24. The molecule has 31 heavy (non-hydrogen) atoms. The fraction of sp³-hybridized carbons (Fsp3) is 0.0909. The van der Waals surface area contributed by atoms with Crippen LogP contribution in [0.3, 0.4) is 0 Å². The van der Waals surface area contributed by atoms with E-state index in [1.54, 1.807) is 12.1 Å². The third-order valence-corrected chi connectivity index (χ3v) is 4.98. The van der Waals surface area contributed by atoms with Crippen LogP contribution in [0.1, 0.15) is 22.9 Å². The van der Waals surface area contributed by atoms with Crippen LogP contribution in [0, 0.1) is 15.9 Å². The molecule has 1 saturated heterocycles. The molecule has 0 radical (unpaired) electrons. The number of hydrogen-bond donors (Lipinski definition) is 1. The summed E-state index contributed by atoms with van der Waals surface area (Å²) in [6.45, 7) is -0.0450. The molecule has 1 atom stereocenters. The Morgan fingerprint density at radius 2 is 1.77 bits per heavy atom. The van der Waals surface area contributed by atoms with E-state index in [-0.39, 0.29) is 23.4 Å². The number of ketones is 1. The fourth-order valence-corrected chi connectivity index (χ4v) is 3.50. The first-order chi connectivity index (χ1) is 14.9. The molecule has 2 aromatic carbocycles. The Morgan fingerprint density at radius 3 is 2.35 bits per heavy atom. The summed E-state index contributed by atoms with van der Waals surface area (Å²) in [6, 6.07) is 12.4. The molecule has 1 aliphatic rings.